The summed E-state index contributed by atoms with van der Waals surface area (Å²) >= 11 is 0. The van der Waals surface area contributed by atoms with E-state index in [1.807, 2.05) is 36.9 Å². The lowest BCUT2D eigenvalue weighted by Gasteiger charge is -2.30. The first-order chi connectivity index (χ1) is 9.66. The normalized spacial score (nSPS) is 19.1. The zero-order valence-corrected chi connectivity index (χ0v) is 12.2. The summed E-state index contributed by atoms with van der Waals surface area (Å²) in [5.74, 6) is 0.124. The lowest BCUT2D eigenvalue weighted by molar-refractivity contribution is -0.137. The Morgan fingerprint density at radius 1 is 1.55 bits per heavy atom. The number of hydrogen-bond donors (Lipinski definition) is 1. The van der Waals surface area contributed by atoms with E-state index in [0.717, 1.165) is 18.8 Å². The number of nitrogens with one attached hydrogen (secondary N) is 1. The number of pyridine rings is 1. The van der Waals surface area contributed by atoms with Crippen LogP contribution in [0.4, 0.5) is 0 Å². The number of morpholine rings is 1. The molecule has 1 aliphatic heterocycles. The molecule has 1 aromatic rings. The summed E-state index contributed by atoms with van der Waals surface area (Å²) in [4.78, 5) is 18.6. The molecule has 0 aromatic carbocycles. The minimum absolute atomic E-state index is 0.0127. The fourth-order valence-electron chi connectivity index (χ4n) is 2.29. The quantitative estimate of drug-likeness (QED) is 0.878. The number of aromatic nitrogens is 1. The summed E-state index contributed by atoms with van der Waals surface area (Å²) in [6, 6.07) is 5.92. The van der Waals surface area contributed by atoms with Gasteiger partial charge in [-0.15, -0.1) is 0 Å². The van der Waals surface area contributed by atoms with Crippen LogP contribution in [-0.4, -0.2) is 47.6 Å². The van der Waals surface area contributed by atoms with E-state index in [9.17, 15) is 4.79 Å². The van der Waals surface area contributed by atoms with Crippen molar-refractivity contribution in [1.29, 1.82) is 0 Å². The topological polar surface area (TPSA) is 54.5 Å². The SMILES string of the molecule is CC(C)N(Cc1ccccn1)C(=O)CC1CNCCO1. The fourth-order valence-corrected chi connectivity index (χ4v) is 2.29. The standard InChI is InChI=1S/C15H23N3O2/c1-12(2)18(11-13-5-3-4-6-17-13)15(19)9-14-10-16-7-8-20-14/h3-6,12,14,16H,7-11H2,1-2H3. The lowest BCUT2D eigenvalue weighted by atomic mass is 10.1. The molecule has 0 bridgehead atoms. The van der Waals surface area contributed by atoms with E-state index in [1.54, 1.807) is 6.20 Å². The predicted molar refractivity (Wildman–Crippen MR) is 77.1 cm³/mol. The van der Waals surface area contributed by atoms with Gasteiger partial charge in [0.2, 0.25) is 5.91 Å². The molecule has 1 fully saturated rings. The Morgan fingerprint density at radius 2 is 2.40 bits per heavy atom. The average molecular weight is 277 g/mol. The number of carbonyl (C=O) groups is 1. The van der Waals surface area contributed by atoms with Crippen molar-refractivity contribution in [1.82, 2.24) is 15.2 Å². The Balaban J connectivity index is 1.95. The molecular formula is C15H23N3O2. The van der Waals surface area contributed by atoms with Crippen LogP contribution >= 0.6 is 0 Å². The van der Waals surface area contributed by atoms with E-state index in [2.05, 4.69) is 10.3 Å². The number of ether oxygens (including phenoxy) is 1. The van der Waals surface area contributed by atoms with Crippen molar-refractivity contribution in [3.8, 4) is 0 Å². The predicted octanol–water partition coefficient (Wildman–Crippen LogP) is 1.20. The summed E-state index contributed by atoms with van der Waals surface area (Å²) in [5.41, 5.74) is 0.914. The van der Waals surface area contributed by atoms with Gasteiger partial charge in [-0.3, -0.25) is 9.78 Å². The summed E-state index contributed by atoms with van der Waals surface area (Å²) in [6.45, 7) is 6.91. The monoisotopic (exact) mass is 277 g/mol. The summed E-state index contributed by atoms with van der Waals surface area (Å²) in [7, 11) is 0. The van der Waals surface area contributed by atoms with Gasteiger partial charge in [-0.25, -0.2) is 0 Å². The molecule has 1 aromatic heterocycles. The van der Waals surface area contributed by atoms with Gasteiger partial charge in [0, 0.05) is 25.3 Å². The van der Waals surface area contributed by atoms with Crippen LogP contribution in [0, 0.1) is 0 Å². The van der Waals surface area contributed by atoms with Crippen LogP contribution in [-0.2, 0) is 16.1 Å². The van der Waals surface area contributed by atoms with Crippen molar-refractivity contribution >= 4 is 5.91 Å². The minimum Gasteiger partial charge on any atom is -0.375 e. The smallest absolute Gasteiger partial charge is 0.225 e. The first kappa shape index (κ1) is 14.9. The lowest BCUT2D eigenvalue weighted by Crippen LogP contribution is -2.44. The number of amides is 1. The van der Waals surface area contributed by atoms with Gasteiger partial charge in [0.05, 0.1) is 31.4 Å². The second-order valence-electron chi connectivity index (χ2n) is 5.34. The van der Waals surface area contributed by atoms with Crippen molar-refractivity contribution in [3.05, 3.63) is 30.1 Å². The molecule has 0 saturated carbocycles. The van der Waals surface area contributed by atoms with Gasteiger partial charge in [0.15, 0.2) is 0 Å². The van der Waals surface area contributed by atoms with Crippen LogP contribution < -0.4 is 5.32 Å². The highest BCUT2D eigenvalue weighted by atomic mass is 16.5. The zero-order chi connectivity index (χ0) is 14.4. The molecule has 2 rings (SSSR count). The largest absolute Gasteiger partial charge is 0.375 e. The zero-order valence-electron chi connectivity index (χ0n) is 12.2. The van der Waals surface area contributed by atoms with Crippen molar-refractivity contribution in [2.45, 2.75) is 39.0 Å². The van der Waals surface area contributed by atoms with Crippen molar-refractivity contribution in [2.75, 3.05) is 19.7 Å². The first-order valence-corrected chi connectivity index (χ1v) is 7.18. The Labute approximate surface area is 120 Å². The van der Waals surface area contributed by atoms with E-state index < -0.39 is 0 Å². The molecule has 1 saturated heterocycles. The van der Waals surface area contributed by atoms with Gasteiger partial charge >= 0.3 is 0 Å². The highest BCUT2D eigenvalue weighted by Crippen LogP contribution is 2.11. The Bertz CT molecular complexity index is 416. The molecule has 1 atom stereocenters. The molecule has 1 amide bonds. The molecular weight excluding hydrogens is 254 g/mol. The third kappa shape index (κ3) is 4.28. The third-order valence-electron chi connectivity index (χ3n) is 3.41. The molecule has 1 unspecified atom stereocenters. The van der Waals surface area contributed by atoms with Crippen LogP contribution in [0.15, 0.2) is 24.4 Å². The maximum atomic E-state index is 12.4. The van der Waals surface area contributed by atoms with E-state index in [4.69, 9.17) is 4.74 Å². The van der Waals surface area contributed by atoms with Gasteiger partial charge in [-0.2, -0.15) is 0 Å². The molecule has 0 aliphatic carbocycles. The maximum absolute atomic E-state index is 12.4. The summed E-state index contributed by atoms with van der Waals surface area (Å²) in [6.07, 6.45) is 2.17. The Morgan fingerprint density at radius 3 is 3.00 bits per heavy atom. The molecule has 110 valence electrons. The molecule has 20 heavy (non-hydrogen) atoms. The van der Waals surface area contributed by atoms with Crippen LogP contribution in [0.1, 0.15) is 26.0 Å². The second kappa shape index (κ2) is 7.36. The minimum atomic E-state index is -0.0127. The third-order valence-corrected chi connectivity index (χ3v) is 3.41. The molecule has 1 aliphatic rings. The van der Waals surface area contributed by atoms with Crippen LogP contribution in [0.2, 0.25) is 0 Å². The molecule has 2 heterocycles. The van der Waals surface area contributed by atoms with Gasteiger partial charge < -0.3 is 15.0 Å². The number of rotatable bonds is 5. The Kier molecular flexibility index (Phi) is 5.49. The molecule has 0 radical (unpaired) electrons. The molecule has 1 N–H and O–H groups in total. The Hall–Kier alpha value is -1.46. The van der Waals surface area contributed by atoms with Crippen molar-refractivity contribution < 1.29 is 9.53 Å². The molecule has 5 heteroatoms. The number of hydrogen-bond acceptors (Lipinski definition) is 4. The van der Waals surface area contributed by atoms with E-state index >= 15 is 0 Å². The molecule has 5 nitrogen and oxygen atoms in total. The average Bonchev–Trinajstić information content (AvgIpc) is 2.46. The van der Waals surface area contributed by atoms with Gasteiger partial charge in [0.1, 0.15) is 0 Å². The fraction of sp³-hybridized carbons (Fsp3) is 0.600. The highest BCUT2D eigenvalue weighted by Gasteiger charge is 2.23. The van der Waals surface area contributed by atoms with Gasteiger partial charge in [-0.1, -0.05) is 6.07 Å². The number of nitrogens with zero attached hydrogens (tertiary/aromatic N) is 2. The second-order valence-corrected chi connectivity index (χ2v) is 5.34. The van der Waals surface area contributed by atoms with Gasteiger partial charge in [-0.05, 0) is 26.0 Å². The van der Waals surface area contributed by atoms with Gasteiger partial charge in [0.25, 0.3) is 0 Å². The van der Waals surface area contributed by atoms with E-state index in [-0.39, 0.29) is 18.1 Å². The highest BCUT2D eigenvalue weighted by molar-refractivity contribution is 5.77. The molecule has 0 spiro atoms. The first-order valence-electron chi connectivity index (χ1n) is 7.18. The van der Waals surface area contributed by atoms with Crippen molar-refractivity contribution in [2.24, 2.45) is 0 Å². The van der Waals surface area contributed by atoms with E-state index in [0.29, 0.717) is 19.6 Å². The maximum Gasteiger partial charge on any atom is 0.225 e. The van der Waals surface area contributed by atoms with Crippen LogP contribution in [0.25, 0.3) is 0 Å². The summed E-state index contributed by atoms with van der Waals surface area (Å²) in [5, 5.41) is 3.25. The number of carbonyl (C=O) groups excluding carboxylic acids is 1. The van der Waals surface area contributed by atoms with Crippen molar-refractivity contribution in [3.63, 3.8) is 0 Å². The van der Waals surface area contributed by atoms with Crippen LogP contribution in [0.3, 0.4) is 0 Å². The summed E-state index contributed by atoms with van der Waals surface area (Å²) < 4.78 is 5.60. The van der Waals surface area contributed by atoms with E-state index in [1.165, 1.54) is 0 Å². The van der Waals surface area contributed by atoms with Crippen LogP contribution in [0.5, 0.6) is 0 Å².